The molecule has 1 heterocycles. The zero-order valence-corrected chi connectivity index (χ0v) is 17.1. The topological polar surface area (TPSA) is 66.0 Å². The van der Waals surface area contributed by atoms with Gasteiger partial charge in [-0.05, 0) is 62.2 Å². The van der Waals surface area contributed by atoms with Gasteiger partial charge in [-0.25, -0.2) is 0 Å². The second kappa shape index (κ2) is 9.87. The average molecular weight is 397 g/mol. The number of ether oxygens (including phenoxy) is 4. The minimum atomic E-state index is -0.181. The molecule has 0 saturated heterocycles. The number of carbonyl (C=O) groups is 1. The first-order chi connectivity index (χ1) is 14.1. The van der Waals surface area contributed by atoms with Gasteiger partial charge in [-0.2, -0.15) is 0 Å². The summed E-state index contributed by atoms with van der Waals surface area (Å²) in [4.78, 5) is 12.4. The third-order valence-electron chi connectivity index (χ3n) is 4.42. The Morgan fingerprint density at radius 2 is 1.76 bits per heavy atom. The molecule has 29 heavy (non-hydrogen) atoms. The molecule has 2 aromatic rings. The van der Waals surface area contributed by atoms with Crippen LogP contribution >= 0.6 is 0 Å². The van der Waals surface area contributed by atoms with E-state index in [4.69, 9.17) is 18.9 Å². The van der Waals surface area contributed by atoms with Crippen LogP contribution in [0.25, 0.3) is 6.08 Å². The quantitative estimate of drug-likeness (QED) is 0.678. The summed E-state index contributed by atoms with van der Waals surface area (Å²) in [5, 5.41) is 2.97. The fraction of sp³-hybridized carbons (Fsp3) is 0.348. The van der Waals surface area contributed by atoms with E-state index < -0.39 is 0 Å². The zero-order valence-electron chi connectivity index (χ0n) is 17.1. The Morgan fingerprint density at radius 1 is 1.03 bits per heavy atom. The van der Waals surface area contributed by atoms with Crippen LogP contribution < -0.4 is 24.3 Å². The van der Waals surface area contributed by atoms with E-state index in [1.807, 2.05) is 57.2 Å². The van der Waals surface area contributed by atoms with Gasteiger partial charge in [0, 0.05) is 6.08 Å². The molecule has 0 radical (unpaired) electrons. The van der Waals surface area contributed by atoms with Gasteiger partial charge in [0.05, 0.1) is 19.3 Å². The van der Waals surface area contributed by atoms with Crippen LogP contribution in [-0.4, -0.2) is 32.3 Å². The maximum absolute atomic E-state index is 12.4. The molecule has 2 aromatic carbocycles. The van der Waals surface area contributed by atoms with Crippen molar-refractivity contribution in [2.24, 2.45) is 0 Å². The van der Waals surface area contributed by atoms with Crippen LogP contribution in [0.15, 0.2) is 42.5 Å². The van der Waals surface area contributed by atoms with Crippen LogP contribution in [0.2, 0.25) is 0 Å². The first-order valence-corrected chi connectivity index (χ1v) is 9.88. The highest BCUT2D eigenvalue weighted by Crippen LogP contribution is 2.32. The van der Waals surface area contributed by atoms with E-state index in [1.54, 1.807) is 6.08 Å². The Kier molecular flexibility index (Phi) is 7.00. The number of rotatable bonds is 8. The molecule has 0 saturated carbocycles. The van der Waals surface area contributed by atoms with Crippen LogP contribution in [0.1, 0.15) is 37.9 Å². The van der Waals surface area contributed by atoms with Crippen molar-refractivity contribution < 1.29 is 23.7 Å². The third kappa shape index (κ3) is 5.44. The van der Waals surface area contributed by atoms with Gasteiger partial charge in [-0.15, -0.1) is 0 Å². The Labute approximate surface area is 171 Å². The van der Waals surface area contributed by atoms with Crippen molar-refractivity contribution in [3.63, 3.8) is 0 Å². The Balaban J connectivity index is 1.64. The summed E-state index contributed by atoms with van der Waals surface area (Å²) < 4.78 is 22.3. The van der Waals surface area contributed by atoms with Crippen molar-refractivity contribution in [1.82, 2.24) is 5.32 Å². The van der Waals surface area contributed by atoms with E-state index in [0.29, 0.717) is 43.7 Å². The highest BCUT2D eigenvalue weighted by Gasteiger charge is 2.13. The molecule has 0 aliphatic carbocycles. The van der Waals surface area contributed by atoms with E-state index in [2.05, 4.69) is 5.32 Å². The molecule has 6 heteroatoms. The lowest BCUT2D eigenvalue weighted by atomic mass is 10.1. The first kappa shape index (κ1) is 20.6. The first-order valence-electron chi connectivity index (χ1n) is 9.88. The largest absolute Gasteiger partial charge is 0.490 e. The maximum atomic E-state index is 12.4. The lowest BCUT2D eigenvalue weighted by Crippen LogP contribution is -2.24. The summed E-state index contributed by atoms with van der Waals surface area (Å²) >= 11 is 0. The number of carbonyl (C=O) groups excluding carboxylic acids is 1. The van der Waals surface area contributed by atoms with Gasteiger partial charge in [0.2, 0.25) is 5.91 Å². The van der Waals surface area contributed by atoms with Gasteiger partial charge in [0.15, 0.2) is 23.0 Å². The third-order valence-corrected chi connectivity index (χ3v) is 4.42. The Hall–Kier alpha value is -3.15. The minimum Gasteiger partial charge on any atom is -0.490 e. The number of benzene rings is 2. The maximum Gasteiger partial charge on any atom is 0.244 e. The number of amides is 1. The molecule has 3 rings (SSSR count). The molecule has 0 fully saturated rings. The zero-order chi connectivity index (χ0) is 20.6. The predicted octanol–water partition coefficient (Wildman–Crippen LogP) is 4.15. The van der Waals surface area contributed by atoms with Gasteiger partial charge >= 0.3 is 0 Å². The smallest absolute Gasteiger partial charge is 0.244 e. The molecule has 0 aromatic heterocycles. The fourth-order valence-corrected chi connectivity index (χ4v) is 3.02. The second-order valence-corrected chi connectivity index (χ2v) is 6.54. The van der Waals surface area contributed by atoms with Gasteiger partial charge in [0.1, 0.15) is 13.2 Å². The monoisotopic (exact) mass is 397 g/mol. The molecule has 6 nitrogen and oxygen atoms in total. The van der Waals surface area contributed by atoms with Crippen LogP contribution in [-0.2, 0) is 4.79 Å². The highest BCUT2D eigenvalue weighted by molar-refractivity contribution is 5.92. The molecule has 154 valence electrons. The average Bonchev–Trinajstić information content (AvgIpc) is 2.73. The van der Waals surface area contributed by atoms with Gasteiger partial charge < -0.3 is 24.3 Å². The number of fused-ring (bicyclic) bond motifs is 1. The molecule has 1 N–H and O–H groups in total. The molecule has 0 bridgehead atoms. The molecule has 1 amide bonds. The summed E-state index contributed by atoms with van der Waals surface area (Å²) in [6.07, 6.45) is 3.27. The normalized spacial score (nSPS) is 13.8. The fourth-order valence-electron chi connectivity index (χ4n) is 3.02. The van der Waals surface area contributed by atoms with Crippen LogP contribution in [0.4, 0.5) is 0 Å². The van der Waals surface area contributed by atoms with E-state index in [0.717, 1.165) is 16.9 Å². The summed E-state index contributed by atoms with van der Waals surface area (Å²) in [6, 6.07) is 11.1. The molecule has 0 unspecified atom stereocenters. The molecule has 0 spiro atoms. The lowest BCUT2D eigenvalue weighted by molar-refractivity contribution is -0.117. The summed E-state index contributed by atoms with van der Waals surface area (Å²) in [5.41, 5.74) is 1.81. The Bertz CT molecular complexity index is 878. The lowest BCUT2D eigenvalue weighted by Gasteiger charge is -2.18. The molecular weight excluding hydrogens is 370 g/mol. The summed E-state index contributed by atoms with van der Waals surface area (Å²) in [6.45, 7) is 7.99. The van der Waals surface area contributed by atoms with Crippen molar-refractivity contribution in [2.75, 3.05) is 26.4 Å². The number of nitrogens with one attached hydrogen (secondary N) is 1. The minimum absolute atomic E-state index is 0.178. The van der Waals surface area contributed by atoms with Crippen LogP contribution in [0.5, 0.6) is 23.0 Å². The van der Waals surface area contributed by atoms with Crippen LogP contribution in [0, 0.1) is 0 Å². The van der Waals surface area contributed by atoms with E-state index in [-0.39, 0.29) is 11.9 Å². The summed E-state index contributed by atoms with van der Waals surface area (Å²) in [5.74, 6) is 2.63. The van der Waals surface area contributed by atoms with Gasteiger partial charge in [-0.3, -0.25) is 4.79 Å². The molecular formula is C23H27NO5. The number of hydrogen-bond donors (Lipinski definition) is 1. The van der Waals surface area contributed by atoms with Gasteiger partial charge in [-0.1, -0.05) is 12.1 Å². The van der Waals surface area contributed by atoms with Crippen molar-refractivity contribution >= 4 is 12.0 Å². The SMILES string of the molecule is CCOc1ccc([C@H](C)NC(=O)/C=C/c2ccc3c(c2)OCCO3)cc1OCC. The van der Waals surface area contributed by atoms with Gasteiger partial charge in [0.25, 0.3) is 0 Å². The second-order valence-electron chi connectivity index (χ2n) is 6.54. The van der Waals surface area contributed by atoms with E-state index in [9.17, 15) is 4.79 Å². The van der Waals surface area contributed by atoms with Crippen molar-refractivity contribution in [2.45, 2.75) is 26.8 Å². The molecule has 1 atom stereocenters. The van der Waals surface area contributed by atoms with E-state index >= 15 is 0 Å². The van der Waals surface area contributed by atoms with Crippen molar-refractivity contribution in [3.8, 4) is 23.0 Å². The number of hydrogen-bond acceptors (Lipinski definition) is 5. The molecule has 1 aliphatic heterocycles. The van der Waals surface area contributed by atoms with Crippen molar-refractivity contribution in [1.29, 1.82) is 0 Å². The predicted molar refractivity (Wildman–Crippen MR) is 112 cm³/mol. The van der Waals surface area contributed by atoms with E-state index in [1.165, 1.54) is 6.08 Å². The standard InChI is InChI=1S/C23H27NO5/c1-4-26-19-10-8-18(15-22(19)27-5-2)16(3)24-23(25)11-7-17-6-9-20-21(14-17)29-13-12-28-20/h6-11,14-16H,4-5,12-13H2,1-3H3,(H,24,25)/b11-7+/t16-/m0/s1. The highest BCUT2D eigenvalue weighted by atomic mass is 16.6. The van der Waals surface area contributed by atoms with Crippen LogP contribution in [0.3, 0.4) is 0 Å². The van der Waals surface area contributed by atoms with Crippen molar-refractivity contribution in [3.05, 3.63) is 53.6 Å². The summed E-state index contributed by atoms with van der Waals surface area (Å²) in [7, 11) is 0. The Morgan fingerprint density at radius 3 is 2.52 bits per heavy atom. The molecule has 1 aliphatic rings.